The third-order valence-electron chi connectivity index (χ3n) is 4.86. The van der Waals surface area contributed by atoms with Gasteiger partial charge in [-0.2, -0.15) is 5.10 Å². The number of carbonyl (C=O) groups is 1. The zero-order chi connectivity index (χ0) is 22.4. The maximum absolute atomic E-state index is 12.5. The number of benzene rings is 2. The van der Waals surface area contributed by atoms with Crippen LogP contribution >= 0.6 is 12.2 Å². The number of nitrogens with one attached hydrogen (secondary N) is 2. The second kappa shape index (κ2) is 10.1. The highest BCUT2D eigenvalue weighted by atomic mass is 32.1. The third-order valence-corrected chi connectivity index (χ3v) is 5.17. The van der Waals surface area contributed by atoms with Gasteiger partial charge in [0.1, 0.15) is 5.75 Å². The molecule has 164 valence electrons. The lowest BCUT2D eigenvalue weighted by molar-refractivity contribution is -0.121. The molecule has 0 atom stereocenters. The number of rotatable bonds is 9. The summed E-state index contributed by atoms with van der Waals surface area (Å²) in [5.74, 6) is 2.34. The lowest BCUT2D eigenvalue weighted by Crippen LogP contribution is -2.24. The van der Waals surface area contributed by atoms with E-state index in [1.165, 1.54) is 0 Å². The Morgan fingerprint density at radius 1 is 1.10 bits per heavy atom. The Kier molecular flexibility index (Phi) is 7.30. The van der Waals surface area contributed by atoms with E-state index >= 15 is 0 Å². The number of H-pyrrole nitrogens is 1. The fourth-order valence-electron chi connectivity index (χ4n) is 3.26. The molecule has 1 heterocycles. The smallest absolute Gasteiger partial charge is 0.222 e. The van der Waals surface area contributed by atoms with Crippen LogP contribution in [0.15, 0.2) is 36.4 Å². The summed E-state index contributed by atoms with van der Waals surface area (Å²) in [6.45, 7) is 2.72. The van der Waals surface area contributed by atoms with Crippen LogP contribution in [-0.4, -0.2) is 42.0 Å². The summed E-state index contributed by atoms with van der Waals surface area (Å²) in [6, 6.07) is 11.5. The lowest BCUT2D eigenvalue weighted by Gasteiger charge is -2.14. The van der Waals surface area contributed by atoms with Gasteiger partial charge in [-0.25, -0.2) is 0 Å². The van der Waals surface area contributed by atoms with Crippen molar-refractivity contribution in [2.75, 3.05) is 21.3 Å². The number of hydrogen-bond donors (Lipinski definition) is 2. The molecule has 0 saturated heterocycles. The molecule has 0 unspecified atom stereocenters. The van der Waals surface area contributed by atoms with E-state index in [2.05, 4.69) is 15.5 Å². The molecule has 0 bridgehead atoms. The number of methoxy groups -OCH3 is 3. The van der Waals surface area contributed by atoms with Gasteiger partial charge in [0.2, 0.25) is 5.91 Å². The van der Waals surface area contributed by atoms with Gasteiger partial charge < -0.3 is 19.5 Å². The van der Waals surface area contributed by atoms with Gasteiger partial charge in [-0.05, 0) is 31.3 Å². The predicted octanol–water partition coefficient (Wildman–Crippen LogP) is 3.65. The van der Waals surface area contributed by atoms with Gasteiger partial charge in [0.15, 0.2) is 22.1 Å². The summed E-state index contributed by atoms with van der Waals surface area (Å²) in [4.78, 5) is 12.5. The molecule has 0 fully saturated rings. The summed E-state index contributed by atoms with van der Waals surface area (Å²) in [5.41, 5.74) is 2.86. The summed E-state index contributed by atoms with van der Waals surface area (Å²) in [5, 5.41) is 10.1. The molecule has 0 aliphatic rings. The van der Waals surface area contributed by atoms with Crippen LogP contribution in [0.1, 0.15) is 17.5 Å². The van der Waals surface area contributed by atoms with E-state index in [1.54, 1.807) is 33.5 Å². The first-order valence-electron chi connectivity index (χ1n) is 9.74. The minimum absolute atomic E-state index is 0.116. The second-order valence-corrected chi connectivity index (χ2v) is 7.31. The minimum atomic E-state index is -0.116. The Hall–Kier alpha value is -3.33. The Labute approximate surface area is 186 Å². The van der Waals surface area contributed by atoms with Crippen molar-refractivity contribution in [3.8, 4) is 28.6 Å². The van der Waals surface area contributed by atoms with E-state index in [4.69, 9.17) is 26.4 Å². The molecular weight excluding hydrogens is 416 g/mol. The van der Waals surface area contributed by atoms with Crippen LogP contribution in [0, 0.1) is 11.7 Å². The number of carbonyl (C=O) groups excluding carboxylic acids is 1. The minimum Gasteiger partial charge on any atom is -0.496 e. The van der Waals surface area contributed by atoms with E-state index in [-0.39, 0.29) is 12.3 Å². The Bertz CT molecular complexity index is 1120. The standard InChI is InChI=1S/C22H26N4O4S/c1-14-6-5-7-15(10-14)21-24-25-22(31)26(21)9-8-20(27)23-13-16-11-18(29-3)19(30-4)12-17(16)28-2/h5-7,10-12H,8-9,13H2,1-4H3,(H,23,27)(H,25,31). The molecule has 2 N–H and O–H groups in total. The monoisotopic (exact) mass is 442 g/mol. The maximum atomic E-state index is 12.5. The van der Waals surface area contributed by atoms with Crippen LogP contribution in [0.25, 0.3) is 11.4 Å². The molecule has 8 nitrogen and oxygen atoms in total. The lowest BCUT2D eigenvalue weighted by atomic mass is 10.1. The molecule has 1 aromatic heterocycles. The molecule has 0 aliphatic heterocycles. The molecule has 1 amide bonds. The van der Waals surface area contributed by atoms with Crippen molar-refractivity contribution in [2.24, 2.45) is 0 Å². The molecule has 31 heavy (non-hydrogen) atoms. The highest BCUT2D eigenvalue weighted by molar-refractivity contribution is 7.71. The molecule has 3 rings (SSSR count). The quantitative estimate of drug-likeness (QED) is 0.492. The van der Waals surface area contributed by atoms with Gasteiger partial charge in [0.05, 0.1) is 21.3 Å². The predicted molar refractivity (Wildman–Crippen MR) is 120 cm³/mol. The average Bonchev–Trinajstić information content (AvgIpc) is 3.15. The number of ether oxygens (including phenoxy) is 3. The van der Waals surface area contributed by atoms with Gasteiger partial charge >= 0.3 is 0 Å². The van der Waals surface area contributed by atoms with Crippen LogP contribution in [0.5, 0.6) is 17.2 Å². The van der Waals surface area contributed by atoms with E-state index in [0.29, 0.717) is 40.9 Å². The van der Waals surface area contributed by atoms with Crippen LogP contribution in [-0.2, 0) is 17.9 Å². The number of aryl methyl sites for hydroxylation is 1. The first-order valence-corrected chi connectivity index (χ1v) is 10.2. The normalized spacial score (nSPS) is 10.6. The van der Waals surface area contributed by atoms with Crippen molar-refractivity contribution < 1.29 is 19.0 Å². The first kappa shape index (κ1) is 22.4. The molecule has 0 aliphatic carbocycles. The van der Waals surface area contributed by atoms with Crippen molar-refractivity contribution in [3.05, 3.63) is 52.3 Å². The number of amides is 1. The second-order valence-electron chi connectivity index (χ2n) is 6.92. The Balaban J connectivity index is 1.67. The van der Waals surface area contributed by atoms with E-state index in [0.717, 1.165) is 16.7 Å². The van der Waals surface area contributed by atoms with Crippen LogP contribution in [0.2, 0.25) is 0 Å². The summed E-state index contributed by atoms with van der Waals surface area (Å²) >= 11 is 5.35. The third kappa shape index (κ3) is 5.24. The highest BCUT2D eigenvalue weighted by Gasteiger charge is 2.14. The van der Waals surface area contributed by atoms with Gasteiger partial charge in [-0.15, -0.1) is 0 Å². The van der Waals surface area contributed by atoms with E-state index in [9.17, 15) is 4.79 Å². The number of aromatic nitrogens is 3. The summed E-state index contributed by atoms with van der Waals surface area (Å²) in [6.07, 6.45) is 0.252. The largest absolute Gasteiger partial charge is 0.496 e. The van der Waals surface area contributed by atoms with Gasteiger partial charge in [0, 0.05) is 36.7 Å². The SMILES string of the molecule is COc1cc(OC)c(OC)cc1CNC(=O)CCn1c(-c2cccc(C)c2)n[nH]c1=S. The number of hydrogen-bond acceptors (Lipinski definition) is 6. The van der Waals surface area contributed by atoms with Crippen molar-refractivity contribution in [2.45, 2.75) is 26.4 Å². The van der Waals surface area contributed by atoms with Crippen molar-refractivity contribution in [1.82, 2.24) is 20.1 Å². The molecule has 0 saturated carbocycles. The fourth-order valence-corrected chi connectivity index (χ4v) is 3.48. The zero-order valence-electron chi connectivity index (χ0n) is 18.0. The van der Waals surface area contributed by atoms with Crippen molar-refractivity contribution >= 4 is 18.1 Å². The van der Waals surface area contributed by atoms with Crippen molar-refractivity contribution in [3.63, 3.8) is 0 Å². The van der Waals surface area contributed by atoms with Crippen LogP contribution in [0.4, 0.5) is 0 Å². The van der Waals surface area contributed by atoms with Crippen LogP contribution < -0.4 is 19.5 Å². The molecule has 3 aromatic rings. The average molecular weight is 443 g/mol. The molecule has 0 spiro atoms. The molecule has 2 aromatic carbocycles. The van der Waals surface area contributed by atoms with E-state index < -0.39 is 0 Å². The van der Waals surface area contributed by atoms with Crippen molar-refractivity contribution in [1.29, 1.82) is 0 Å². The fraction of sp³-hybridized carbons (Fsp3) is 0.318. The maximum Gasteiger partial charge on any atom is 0.222 e. The Morgan fingerprint density at radius 2 is 1.81 bits per heavy atom. The summed E-state index contributed by atoms with van der Waals surface area (Å²) in [7, 11) is 4.69. The zero-order valence-corrected chi connectivity index (χ0v) is 18.8. The molecule has 0 radical (unpaired) electrons. The van der Waals surface area contributed by atoms with Gasteiger partial charge in [-0.1, -0.05) is 23.8 Å². The molecule has 9 heteroatoms. The topological polar surface area (TPSA) is 90.4 Å². The van der Waals surface area contributed by atoms with E-state index in [1.807, 2.05) is 35.8 Å². The van der Waals surface area contributed by atoms with Gasteiger partial charge in [0.25, 0.3) is 0 Å². The van der Waals surface area contributed by atoms with Gasteiger partial charge in [-0.3, -0.25) is 14.5 Å². The Morgan fingerprint density at radius 3 is 2.48 bits per heavy atom. The first-order chi connectivity index (χ1) is 15.0. The highest BCUT2D eigenvalue weighted by Crippen LogP contribution is 2.34. The molecular formula is C22H26N4O4S. The summed E-state index contributed by atoms with van der Waals surface area (Å²) < 4.78 is 18.4. The van der Waals surface area contributed by atoms with Crippen LogP contribution in [0.3, 0.4) is 0 Å². The number of aromatic amines is 1. The number of nitrogens with zero attached hydrogens (tertiary/aromatic N) is 2.